The molecule has 0 aromatic rings. The van der Waals surface area contributed by atoms with Crippen LogP contribution in [0.1, 0.15) is 34.1 Å². The summed E-state index contributed by atoms with van der Waals surface area (Å²) in [5.74, 6) is 0. The lowest BCUT2D eigenvalue weighted by atomic mass is 10.1. The molecule has 0 radical (unpaired) electrons. The van der Waals surface area contributed by atoms with Gasteiger partial charge in [0.1, 0.15) is 0 Å². The van der Waals surface area contributed by atoms with Gasteiger partial charge in [-0.3, -0.25) is 4.90 Å². The van der Waals surface area contributed by atoms with Gasteiger partial charge in [0, 0.05) is 25.2 Å². The van der Waals surface area contributed by atoms with Crippen LogP contribution in [0.2, 0.25) is 0 Å². The number of nitrogens with two attached hydrogens (primary N) is 1. The molecule has 0 aromatic carbocycles. The first-order valence-electron chi connectivity index (χ1n) is 5.64. The molecule has 0 amide bonds. The molecule has 0 aromatic heterocycles. The van der Waals surface area contributed by atoms with Gasteiger partial charge in [-0.15, -0.1) is 0 Å². The molecule has 14 heavy (non-hydrogen) atoms. The largest absolute Gasteiger partial charge is 0.373 e. The topological polar surface area (TPSA) is 38.5 Å². The molecule has 3 heteroatoms. The Kier molecular flexibility index (Phi) is 4.35. The van der Waals surface area contributed by atoms with E-state index in [-0.39, 0.29) is 0 Å². The minimum Gasteiger partial charge on any atom is -0.373 e. The van der Waals surface area contributed by atoms with Crippen molar-refractivity contribution < 1.29 is 4.74 Å². The quantitative estimate of drug-likeness (QED) is 0.744. The van der Waals surface area contributed by atoms with E-state index in [0.717, 1.165) is 19.5 Å². The predicted molar refractivity (Wildman–Crippen MR) is 59.3 cm³/mol. The fourth-order valence-electron chi connectivity index (χ4n) is 2.26. The molecular weight excluding hydrogens is 176 g/mol. The molecule has 3 nitrogen and oxygen atoms in total. The Morgan fingerprint density at radius 3 is 2.21 bits per heavy atom. The summed E-state index contributed by atoms with van der Waals surface area (Å²) in [6.45, 7) is 10.7. The van der Waals surface area contributed by atoms with Gasteiger partial charge in [-0.05, 0) is 34.1 Å². The van der Waals surface area contributed by atoms with Crippen molar-refractivity contribution in [1.29, 1.82) is 0 Å². The van der Waals surface area contributed by atoms with Gasteiger partial charge in [-0.2, -0.15) is 0 Å². The Bertz CT molecular complexity index is 163. The zero-order valence-corrected chi connectivity index (χ0v) is 9.86. The van der Waals surface area contributed by atoms with E-state index >= 15 is 0 Å². The van der Waals surface area contributed by atoms with Gasteiger partial charge >= 0.3 is 0 Å². The number of hydrogen-bond donors (Lipinski definition) is 1. The molecule has 1 aliphatic rings. The monoisotopic (exact) mass is 200 g/mol. The third kappa shape index (κ3) is 3.56. The summed E-state index contributed by atoms with van der Waals surface area (Å²) in [4.78, 5) is 2.49. The molecule has 0 spiro atoms. The Hall–Kier alpha value is -0.120. The van der Waals surface area contributed by atoms with E-state index in [0.29, 0.717) is 24.3 Å². The highest BCUT2D eigenvalue weighted by Crippen LogP contribution is 2.15. The Balaban J connectivity index is 2.42. The molecule has 0 bridgehead atoms. The normalized spacial score (nSPS) is 34.1. The first-order valence-corrected chi connectivity index (χ1v) is 5.64. The Labute approximate surface area is 87.6 Å². The molecule has 1 fully saturated rings. The summed E-state index contributed by atoms with van der Waals surface area (Å²) in [6.07, 6.45) is 1.78. The molecule has 0 saturated carbocycles. The maximum absolute atomic E-state index is 5.81. The second-order valence-electron chi connectivity index (χ2n) is 4.77. The van der Waals surface area contributed by atoms with Crippen LogP contribution in [0.25, 0.3) is 0 Å². The van der Waals surface area contributed by atoms with E-state index in [1.165, 1.54) is 0 Å². The van der Waals surface area contributed by atoms with Crippen LogP contribution in [0, 0.1) is 0 Å². The second-order valence-corrected chi connectivity index (χ2v) is 4.77. The smallest absolute Gasteiger partial charge is 0.0678 e. The molecule has 1 aliphatic heterocycles. The van der Waals surface area contributed by atoms with Crippen LogP contribution in [0.15, 0.2) is 0 Å². The summed E-state index contributed by atoms with van der Waals surface area (Å²) in [5, 5.41) is 0. The molecule has 1 rings (SSSR count). The first kappa shape index (κ1) is 12.0. The van der Waals surface area contributed by atoms with Crippen molar-refractivity contribution in [3.05, 3.63) is 0 Å². The number of hydrogen-bond acceptors (Lipinski definition) is 3. The van der Waals surface area contributed by atoms with Crippen molar-refractivity contribution >= 4 is 0 Å². The van der Waals surface area contributed by atoms with Gasteiger partial charge in [0.15, 0.2) is 0 Å². The van der Waals surface area contributed by atoms with Crippen LogP contribution in [-0.2, 0) is 4.74 Å². The van der Waals surface area contributed by atoms with E-state index in [2.05, 4.69) is 32.6 Å². The van der Waals surface area contributed by atoms with E-state index in [9.17, 15) is 0 Å². The summed E-state index contributed by atoms with van der Waals surface area (Å²) in [6, 6.07) is 0.863. The molecule has 4 unspecified atom stereocenters. The number of nitrogens with zero attached hydrogens (tertiary/aromatic N) is 1. The third-order valence-electron chi connectivity index (χ3n) is 2.78. The minimum absolute atomic E-state index is 0.290. The van der Waals surface area contributed by atoms with Crippen molar-refractivity contribution in [2.24, 2.45) is 5.73 Å². The molecule has 84 valence electrons. The van der Waals surface area contributed by atoms with Crippen molar-refractivity contribution in [3.8, 4) is 0 Å². The average molecular weight is 200 g/mol. The maximum atomic E-state index is 5.81. The van der Waals surface area contributed by atoms with Crippen molar-refractivity contribution in [3.63, 3.8) is 0 Å². The SMILES string of the molecule is CC(N)CC(C)N1CC(C)OC(C)C1. The van der Waals surface area contributed by atoms with Gasteiger partial charge in [0.2, 0.25) is 0 Å². The molecule has 2 N–H and O–H groups in total. The fraction of sp³-hybridized carbons (Fsp3) is 1.00. The van der Waals surface area contributed by atoms with E-state index in [1.807, 2.05) is 0 Å². The summed E-state index contributed by atoms with van der Waals surface area (Å²) < 4.78 is 5.70. The Morgan fingerprint density at radius 2 is 1.79 bits per heavy atom. The molecular formula is C11H24N2O. The van der Waals surface area contributed by atoms with Crippen LogP contribution in [0.3, 0.4) is 0 Å². The van der Waals surface area contributed by atoms with E-state index < -0.39 is 0 Å². The lowest BCUT2D eigenvalue weighted by Gasteiger charge is -2.39. The zero-order valence-electron chi connectivity index (χ0n) is 9.86. The maximum Gasteiger partial charge on any atom is 0.0678 e. The van der Waals surface area contributed by atoms with E-state index in [1.54, 1.807) is 0 Å². The fourth-order valence-corrected chi connectivity index (χ4v) is 2.26. The van der Waals surface area contributed by atoms with Crippen molar-refractivity contribution in [1.82, 2.24) is 4.90 Å². The predicted octanol–water partition coefficient (Wildman–Crippen LogP) is 1.22. The van der Waals surface area contributed by atoms with Crippen LogP contribution in [0.4, 0.5) is 0 Å². The van der Waals surface area contributed by atoms with Crippen LogP contribution in [0.5, 0.6) is 0 Å². The molecule has 1 heterocycles. The summed E-state index contributed by atoms with van der Waals surface area (Å²) in [5.41, 5.74) is 5.81. The van der Waals surface area contributed by atoms with Crippen molar-refractivity contribution in [2.45, 2.75) is 58.4 Å². The van der Waals surface area contributed by atoms with Gasteiger partial charge < -0.3 is 10.5 Å². The number of morpholine rings is 1. The lowest BCUT2D eigenvalue weighted by molar-refractivity contribution is -0.0795. The van der Waals surface area contributed by atoms with Gasteiger partial charge in [0.05, 0.1) is 12.2 Å². The van der Waals surface area contributed by atoms with Gasteiger partial charge in [-0.1, -0.05) is 0 Å². The number of ether oxygens (including phenoxy) is 1. The lowest BCUT2D eigenvalue weighted by Crippen LogP contribution is -2.50. The standard InChI is InChI=1S/C11H24N2O/c1-8(12)5-9(2)13-6-10(3)14-11(4)7-13/h8-11H,5-7,12H2,1-4H3. The summed E-state index contributed by atoms with van der Waals surface area (Å²) in [7, 11) is 0. The minimum atomic E-state index is 0.290. The molecule has 4 atom stereocenters. The molecule has 1 saturated heterocycles. The van der Waals surface area contributed by atoms with E-state index in [4.69, 9.17) is 10.5 Å². The highest BCUT2D eigenvalue weighted by atomic mass is 16.5. The van der Waals surface area contributed by atoms with Gasteiger partial charge in [0.25, 0.3) is 0 Å². The van der Waals surface area contributed by atoms with Crippen molar-refractivity contribution in [2.75, 3.05) is 13.1 Å². The van der Waals surface area contributed by atoms with Crippen LogP contribution in [-0.4, -0.2) is 42.3 Å². The zero-order chi connectivity index (χ0) is 10.7. The highest BCUT2D eigenvalue weighted by Gasteiger charge is 2.25. The molecule has 0 aliphatic carbocycles. The third-order valence-corrected chi connectivity index (χ3v) is 2.78. The highest BCUT2D eigenvalue weighted by molar-refractivity contribution is 4.79. The first-order chi connectivity index (χ1) is 6.49. The number of rotatable bonds is 3. The van der Waals surface area contributed by atoms with Crippen LogP contribution >= 0.6 is 0 Å². The average Bonchev–Trinajstić information content (AvgIpc) is 2.00. The van der Waals surface area contributed by atoms with Gasteiger partial charge in [-0.25, -0.2) is 0 Å². The van der Waals surface area contributed by atoms with Crippen LogP contribution < -0.4 is 5.73 Å². The summed E-state index contributed by atoms with van der Waals surface area (Å²) >= 11 is 0. The Morgan fingerprint density at radius 1 is 1.29 bits per heavy atom. The second kappa shape index (κ2) is 5.10.